The van der Waals surface area contributed by atoms with Crippen molar-refractivity contribution in [2.75, 3.05) is 33.5 Å². The van der Waals surface area contributed by atoms with Crippen molar-refractivity contribution < 1.29 is 22.7 Å². The number of carbonyl (C=O) groups excluding carboxylic acids is 2. The maximum absolute atomic E-state index is 12.9. The second-order valence-electron chi connectivity index (χ2n) is 7.06. The molecule has 0 fully saturated rings. The largest absolute Gasteiger partial charge is 0.497 e. The Morgan fingerprint density at radius 3 is 2.31 bits per heavy atom. The quantitative estimate of drug-likeness (QED) is 0.511. The summed E-state index contributed by atoms with van der Waals surface area (Å²) < 4.78 is 29.5. The van der Waals surface area contributed by atoms with Gasteiger partial charge in [0.25, 0.3) is 0 Å². The van der Waals surface area contributed by atoms with Crippen LogP contribution in [-0.2, 0) is 26.2 Å². The second-order valence-corrected chi connectivity index (χ2v) is 9.15. The van der Waals surface area contributed by atoms with Gasteiger partial charge >= 0.3 is 0 Å². The summed E-state index contributed by atoms with van der Waals surface area (Å²) in [7, 11) is -0.603. The van der Waals surface area contributed by atoms with Crippen LogP contribution >= 0.6 is 0 Å². The zero-order valence-corrected chi connectivity index (χ0v) is 18.8. The lowest BCUT2D eigenvalue weighted by atomic mass is 10.1. The van der Waals surface area contributed by atoms with E-state index >= 15 is 0 Å². The first kappa shape index (κ1) is 24.9. The lowest BCUT2D eigenvalue weighted by molar-refractivity contribution is -0.140. The van der Waals surface area contributed by atoms with Crippen LogP contribution in [0.25, 0.3) is 0 Å². The Kier molecular flexibility index (Phi) is 10.1. The summed E-state index contributed by atoms with van der Waals surface area (Å²) in [4.78, 5) is 26.8. The van der Waals surface area contributed by atoms with Crippen LogP contribution in [0.15, 0.2) is 24.3 Å². The topological polar surface area (TPSA) is 96.0 Å². The molecule has 164 valence electrons. The van der Waals surface area contributed by atoms with E-state index in [1.807, 2.05) is 12.1 Å². The van der Waals surface area contributed by atoms with E-state index in [1.165, 1.54) is 11.9 Å². The van der Waals surface area contributed by atoms with Gasteiger partial charge in [-0.2, -0.15) is 4.31 Å². The summed E-state index contributed by atoms with van der Waals surface area (Å²) >= 11 is 0. The first-order valence-corrected chi connectivity index (χ1v) is 11.6. The first-order valence-electron chi connectivity index (χ1n) is 9.71. The van der Waals surface area contributed by atoms with Crippen molar-refractivity contribution in [3.05, 3.63) is 29.8 Å². The minimum Gasteiger partial charge on any atom is -0.497 e. The van der Waals surface area contributed by atoms with Crippen LogP contribution in [0.1, 0.15) is 38.7 Å². The maximum atomic E-state index is 12.9. The van der Waals surface area contributed by atoms with Gasteiger partial charge < -0.3 is 15.0 Å². The molecule has 2 amide bonds. The van der Waals surface area contributed by atoms with Crippen LogP contribution in [0, 0.1) is 0 Å². The van der Waals surface area contributed by atoms with Gasteiger partial charge in [-0.1, -0.05) is 31.9 Å². The summed E-state index contributed by atoms with van der Waals surface area (Å²) in [5, 5.41) is 2.86. The molecule has 1 aromatic carbocycles. The Morgan fingerprint density at radius 2 is 1.79 bits per heavy atom. The van der Waals surface area contributed by atoms with Crippen LogP contribution in [0.5, 0.6) is 5.75 Å². The van der Waals surface area contributed by atoms with Gasteiger partial charge in [-0.15, -0.1) is 0 Å². The third-order valence-electron chi connectivity index (χ3n) is 4.68. The zero-order chi connectivity index (χ0) is 22.0. The summed E-state index contributed by atoms with van der Waals surface area (Å²) in [5.41, 5.74) is 0.812. The molecule has 0 heterocycles. The third-order valence-corrected chi connectivity index (χ3v) is 5.94. The van der Waals surface area contributed by atoms with Gasteiger partial charge in [-0.3, -0.25) is 9.59 Å². The number of nitrogens with one attached hydrogen (secondary N) is 1. The molecule has 9 heteroatoms. The lowest BCUT2D eigenvalue weighted by Gasteiger charge is -2.30. The van der Waals surface area contributed by atoms with Crippen molar-refractivity contribution >= 4 is 21.8 Å². The number of rotatable bonds is 12. The molecule has 0 aliphatic carbocycles. The second kappa shape index (κ2) is 11.8. The van der Waals surface area contributed by atoms with Crippen molar-refractivity contribution in [2.24, 2.45) is 0 Å². The Morgan fingerprint density at radius 1 is 1.17 bits per heavy atom. The van der Waals surface area contributed by atoms with Gasteiger partial charge in [-0.05, 0) is 31.0 Å². The van der Waals surface area contributed by atoms with E-state index in [2.05, 4.69) is 12.2 Å². The highest BCUT2D eigenvalue weighted by Gasteiger charge is 2.28. The SMILES string of the molecule is CCCCCNC(=O)[C@@H](C)N(Cc1ccc(OC)cc1)C(=O)CN(C)S(C)(=O)=O. The summed E-state index contributed by atoms with van der Waals surface area (Å²) in [6.45, 7) is 4.13. The molecule has 1 aromatic rings. The highest BCUT2D eigenvalue weighted by molar-refractivity contribution is 7.88. The monoisotopic (exact) mass is 427 g/mol. The Balaban J connectivity index is 2.96. The van der Waals surface area contributed by atoms with E-state index in [0.717, 1.165) is 35.4 Å². The average molecular weight is 428 g/mol. The molecule has 0 aliphatic rings. The Hall–Kier alpha value is -2.13. The predicted molar refractivity (Wildman–Crippen MR) is 113 cm³/mol. The van der Waals surface area contributed by atoms with E-state index in [0.29, 0.717) is 12.3 Å². The molecule has 0 radical (unpaired) electrons. The highest BCUT2D eigenvalue weighted by Crippen LogP contribution is 2.15. The van der Waals surface area contributed by atoms with Crippen LogP contribution in [0.3, 0.4) is 0 Å². The molecule has 1 N–H and O–H groups in total. The van der Waals surface area contributed by atoms with Crippen LogP contribution in [-0.4, -0.2) is 69.0 Å². The first-order chi connectivity index (χ1) is 13.6. The van der Waals surface area contributed by atoms with Gasteiger partial charge in [0.15, 0.2) is 0 Å². The molecule has 0 aromatic heterocycles. The molecule has 0 aliphatic heterocycles. The number of amides is 2. The van der Waals surface area contributed by atoms with E-state index in [-0.39, 0.29) is 19.0 Å². The molecule has 29 heavy (non-hydrogen) atoms. The number of nitrogens with zero attached hydrogens (tertiary/aromatic N) is 2. The molecular weight excluding hydrogens is 394 g/mol. The molecule has 1 atom stereocenters. The van der Waals surface area contributed by atoms with E-state index in [9.17, 15) is 18.0 Å². The number of unbranched alkanes of at least 4 members (excludes halogenated alkanes) is 2. The average Bonchev–Trinajstić information content (AvgIpc) is 2.68. The number of hydrogen-bond donors (Lipinski definition) is 1. The summed E-state index contributed by atoms with van der Waals surface area (Å²) in [6, 6.07) is 6.43. The van der Waals surface area contributed by atoms with E-state index in [1.54, 1.807) is 26.2 Å². The predicted octanol–water partition coefficient (Wildman–Crippen LogP) is 1.61. The molecule has 0 saturated heterocycles. The fourth-order valence-electron chi connectivity index (χ4n) is 2.64. The number of hydrogen-bond acceptors (Lipinski definition) is 5. The van der Waals surface area contributed by atoms with Crippen molar-refractivity contribution in [2.45, 2.75) is 45.7 Å². The third kappa shape index (κ3) is 8.41. The summed E-state index contributed by atoms with van der Waals surface area (Å²) in [5.74, 6) is -0.0138. The summed E-state index contributed by atoms with van der Waals surface area (Å²) in [6.07, 6.45) is 3.98. The number of carbonyl (C=O) groups is 2. The van der Waals surface area contributed by atoms with Crippen molar-refractivity contribution in [1.82, 2.24) is 14.5 Å². The fourth-order valence-corrected chi connectivity index (χ4v) is 2.99. The normalized spacial score (nSPS) is 12.5. The zero-order valence-electron chi connectivity index (χ0n) is 18.0. The standard InChI is InChI=1S/C20H33N3O5S/c1-6-7-8-13-21-20(25)16(2)23(19(24)15-22(3)29(5,26)27)14-17-9-11-18(28-4)12-10-17/h9-12,16H,6-8,13-15H2,1-5H3,(H,21,25)/t16-/m1/s1. The Bertz CT molecular complexity index is 765. The molecule has 0 unspecified atom stereocenters. The molecule has 0 spiro atoms. The van der Waals surface area contributed by atoms with E-state index in [4.69, 9.17) is 4.74 Å². The molecule has 1 rings (SSSR count). The smallest absolute Gasteiger partial charge is 0.242 e. The Labute approximate surface area is 174 Å². The van der Waals surface area contributed by atoms with Crippen molar-refractivity contribution in [1.29, 1.82) is 0 Å². The van der Waals surface area contributed by atoms with Crippen molar-refractivity contribution in [3.63, 3.8) is 0 Å². The lowest BCUT2D eigenvalue weighted by Crippen LogP contribution is -2.50. The van der Waals surface area contributed by atoms with Crippen molar-refractivity contribution in [3.8, 4) is 5.75 Å². The number of likely N-dealkylation sites (N-methyl/N-ethyl adjacent to an activating group) is 1. The van der Waals surface area contributed by atoms with Gasteiger partial charge in [-0.25, -0.2) is 8.42 Å². The van der Waals surface area contributed by atoms with Crippen LogP contribution in [0.2, 0.25) is 0 Å². The fraction of sp³-hybridized carbons (Fsp3) is 0.600. The molecule has 0 saturated carbocycles. The van der Waals surface area contributed by atoms with Gasteiger partial charge in [0, 0.05) is 20.1 Å². The minimum atomic E-state index is -3.51. The van der Waals surface area contributed by atoms with Crippen LogP contribution in [0.4, 0.5) is 0 Å². The minimum absolute atomic E-state index is 0.185. The molecular formula is C20H33N3O5S. The number of benzene rings is 1. The van der Waals surface area contributed by atoms with E-state index < -0.39 is 22.0 Å². The van der Waals surface area contributed by atoms with Crippen LogP contribution < -0.4 is 10.1 Å². The number of sulfonamides is 1. The number of methoxy groups -OCH3 is 1. The maximum Gasteiger partial charge on any atom is 0.242 e. The van der Waals surface area contributed by atoms with Gasteiger partial charge in [0.2, 0.25) is 21.8 Å². The number of ether oxygens (including phenoxy) is 1. The van der Waals surface area contributed by atoms with Gasteiger partial charge in [0.05, 0.1) is 19.9 Å². The van der Waals surface area contributed by atoms with Gasteiger partial charge in [0.1, 0.15) is 11.8 Å². The molecule has 0 bridgehead atoms. The molecule has 8 nitrogen and oxygen atoms in total. The highest BCUT2D eigenvalue weighted by atomic mass is 32.2.